The van der Waals surface area contributed by atoms with Gasteiger partial charge in [0, 0.05) is 25.3 Å². The van der Waals surface area contributed by atoms with E-state index >= 15 is 0 Å². The summed E-state index contributed by atoms with van der Waals surface area (Å²) in [4.78, 5) is 0. The maximum absolute atomic E-state index is 10.3. The molecule has 0 saturated carbocycles. The lowest BCUT2D eigenvalue weighted by atomic mass is 9.87. The van der Waals surface area contributed by atoms with Crippen LogP contribution in [-0.4, -0.2) is 23.9 Å². The number of ether oxygens (including phenoxy) is 1. The maximum atomic E-state index is 10.3. The summed E-state index contributed by atoms with van der Waals surface area (Å²) in [5.41, 5.74) is 7.01. The monoisotopic (exact) mass is 207 g/mol. The van der Waals surface area contributed by atoms with Crippen LogP contribution in [0.1, 0.15) is 18.4 Å². The highest BCUT2D eigenvalue weighted by atomic mass is 16.5. The van der Waals surface area contributed by atoms with Crippen LogP contribution in [0.2, 0.25) is 0 Å². The normalized spacial score (nSPS) is 20.1. The lowest BCUT2D eigenvalue weighted by Gasteiger charge is -2.32. The van der Waals surface area contributed by atoms with Crippen molar-refractivity contribution in [1.82, 2.24) is 0 Å². The van der Waals surface area contributed by atoms with Gasteiger partial charge in [0.15, 0.2) is 0 Å². The Kier molecular flexibility index (Phi) is 2.93. The van der Waals surface area contributed by atoms with Gasteiger partial charge < -0.3 is 15.6 Å². The molecule has 15 heavy (non-hydrogen) atoms. The minimum Gasteiger partial charge on any atom is -0.399 e. The molecule has 0 aliphatic carbocycles. The standard InChI is InChI=1S/C12H17NO2/c13-11-4-2-1-3-10(11)9-12(14)5-7-15-8-6-12/h1-4,14H,5-9,13H2. The van der Waals surface area contributed by atoms with Gasteiger partial charge in [-0.3, -0.25) is 0 Å². The van der Waals surface area contributed by atoms with Crippen molar-refractivity contribution in [3.8, 4) is 0 Å². The van der Waals surface area contributed by atoms with Crippen LogP contribution in [-0.2, 0) is 11.2 Å². The largest absolute Gasteiger partial charge is 0.399 e. The van der Waals surface area contributed by atoms with Crippen LogP contribution in [0.3, 0.4) is 0 Å². The number of anilines is 1. The summed E-state index contributed by atoms with van der Waals surface area (Å²) in [5.74, 6) is 0. The molecule has 1 fully saturated rings. The molecule has 3 heteroatoms. The van der Waals surface area contributed by atoms with Crippen LogP contribution in [0, 0.1) is 0 Å². The van der Waals surface area contributed by atoms with Gasteiger partial charge in [-0.2, -0.15) is 0 Å². The Bertz CT molecular complexity index is 332. The molecule has 1 heterocycles. The quantitative estimate of drug-likeness (QED) is 0.720. The third-order valence-electron chi connectivity index (χ3n) is 3.00. The minimum atomic E-state index is -0.631. The van der Waals surface area contributed by atoms with E-state index in [0.29, 0.717) is 32.5 Å². The highest BCUT2D eigenvalue weighted by Crippen LogP contribution is 2.27. The molecule has 1 aromatic rings. The van der Waals surface area contributed by atoms with Crippen molar-refractivity contribution >= 4 is 5.69 Å². The van der Waals surface area contributed by atoms with Crippen LogP contribution in [0.5, 0.6) is 0 Å². The Labute approximate surface area is 89.9 Å². The zero-order valence-electron chi connectivity index (χ0n) is 8.78. The third kappa shape index (κ3) is 2.49. The van der Waals surface area contributed by atoms with Crippen molar-refractivity contribution in [3.63, 3.8) is 0 Å². The first-order chi connectivity index (χ1) is 7.20. The van der Waals surface area contributed by atoms with E-state index in [1.165, 1.54) is 0 Å². The summed E-state index contributed by atoms with van der Waals surface area (Å²) < 4.78 is 5.24. The summed E-state index contributed by atoms with van der Waals surface area (Å²) in [6, 6.07) is 7.71. The first-order valence-corrected chi connectivity index (χ1v) is 5.33. The summed E-state index contributed by atoms with van der Waals surface area (Å²) in [5, 5.41) is 10.3. The van der Waals surface area contributed by atoms with Crippen molar-refractivity contribution in [2.45, 2.75) is 24.9 Å². The zero-order chi connectivity index (χ0) is 10.7. The highest BCUT2D eigenvalue weighted by molar-refractivity contribution is 5.47. The molecule has 0 bridgehead atoms. The van der Waals surface area contributed by atoms with Crippen LogP contribution < -0.4 is 5.73 Å². The number of aliphatic hydroxyl groups is 1. The Morgan fingerprint density at radius 1 is 1.27 bits per heavy atom. The van der Waals surface area contributed by atoms with Crippen molar-refractivity contribution in [1.29, 1.82) is 0 Å². The number of benzene rings is 1. The Morgan fingerprint density at radius 3 is 2.60 bits per heavy atom. The highest BCUT2D eigenvalue weighted by Gasteiger charge is 2.30. The van der Waals surface area contributed by atoms with Crippen LogP contribution >= 0.6 is 0 Å². The molecule has 3 N–H and O–H groups in total. The SMILES string of the molecule is Nc1ccccc1CC1(O)CCOCC1. The summed E-state index contributed by atoms with van der Waals surface area (Å²) in [6.07, 6.45) is 2.02. The van der Waals surface area contributed by atoms with E-state index in [2.05, 4.69) is 0 Å². The van der Waals surface area contributed by atoms with Gasteiger partial charge in [0.2, 0.25) is 0 Å². The molecular weight excluding hydrogens is 190 g/mol. The predicted molar refractivity (Wildman–Crippen MR) is 59.6 cm³/mol. The summed E-state index contributed by atoms with van der Waals surface area (Å²) in [7, 11) is 0. The molecule has 0 radical (unpaired) electrons. The van der Waals surface area contributed by atoms with Gasteiger partial charge in [-0.15, -0.1) is 0 Å². The molecule has 1 aliphatic rings. The van der Waals surface area contributed by atoms with Gasteiger partial charge in [0.05, 0.1) is 5.60 Å². The Balaban J connectivity index is 2.10. The van der Waals surface area contributed by atoms with E-state index in [0.717, 1.165) is 11.3 Å². The fourth-order valence-corrected chi connectivity index (χ4v) is 1.98. The molecule has 82 valence electrons. The Hall–Kier alpha value is -1.06. The molecule has 0 unspecified atom stereocenters. The third-order valence-corrected chi connectivity index (χ3v) is 3.00. The van der Waals surface area contributed by atoms with Crippen LogP contribution in [0.4, 0.5) is 5.69 Å². The molecule has 0 atom stereocenters. The fraction of sp³-hybridized carbons (Fsp3) is 0.500. The van der Waals surface area contributed by atoms with E-state index in [1.807, 2.05) is 24.3 Å². The molecule has 0 aromatic heterocycles. The second-order valence-corrected chi connectivity index (χ2v) is 4.21. The summed E-state index contributed by atoms with van der Waals surface area (Å²) in [6.45, 7) is 1.28. The second kappa shape index (κ2) is 4.21. The van der Waals surface area contributed by atoms with E-state index in [1.54, 1.807) is 0 Å². The predicted octanol–water partition coefficient (Wildman–Crippen LogP) is 1.35. The molecule has 3 nitrogen and oxygen atoms in total. The van der Waals surface area contributed by atoms with Gasteiger partial charge in [0.25, 0.3) is 0 Å². The van der Waals surface area contributed by atoms with Crippen molar-refractivity contribution in [3.05, 3.63) is 29.8 Å². The molecule has 1 saturated heterocycles. The van der Waals surface area contributed by atoms with Gasteiger partial charge in [-0.25, -0.2) is 0 Å². The number of hydrogen-bond donors (Lipinski definition) is 2. The molecule has 0 amide bonds. The van der Waals surface area contributed by atoms with Gasteiger partial charge in [0.1, 0.15) is 0 Å². The van der Waals surface area contributed by atoms with E-state index in [4.69, 9.17) is 10.5 Å². The van der Waals surface area contributed by atoms with Crippen molar-refractivity contribution < 1.29 is 9.84 Å². The lowest BCUT2D eigenvalue weighted by molar-refractivity contribution is -0.0625. The first-order valence-electron chi connectivity index (χ1n) is 5.33. The van der Waals surface area contributed by atoms with Crippen molar-refractivity contribution in [2.24, 2.45) is 0 Å². The molecule has 1 aliphatic heterocycles. The number of nitrogens with two attached hydrogens (primary N) is 1. The lowest BCUT2D eigenvalue weighted by Crippen LogP contribution is -2.38. The molecular formula is C12H17NO2. The fourth-order valence-electron chi connectivity index (χ4n) is 1.98. The minimum absolute atomic E-state index is 0.628. The van der Waals surface area contributed by atoms with Crippen LogP contribution in [0.25, 0.3) is 0 Å². The smallest absolute Gasteiger partial charge is 0.0732 e. The average molecular weight is 207 g/mol. The van der Waals surface area contributed by atoms with Gasteiger partial charge in [-0.05, 0) is 24.5 Å². The number of hydrogen-bond acceptors (Lipinski definition) is 3. The number of nitrogen functional groups attached to an aromatic ring is 1. The zero-order valence-corrected chi connectivity index (χ0v) is 8.78. The first kappa shape index (κ1) is 10.5. The summed E-state index contributed by atoms with van der Waals surface area (Å²) >= 11 is 0. The van der Waals surface area contributed by atoms with E-state index in [9.17, 15) is 5.11 Å². The van der Waals surface area contributed by atoms with Gasteiger partial charge in [-0.1, -0.05) is 18.2 Å². The Morgan fingerprint density at radius 2 is 1.93 bits per heavy atom. The maximum Gasteiger partial charge on any atom is 0.0732 e. The molecule has 0 spiro atoms. The van der Waals surface area contributed by atoms with Gasteiger partial charge >= 0.3 is 0 Å². The molecule has 1 aromatic carbocycles. The molecule has 2 rings (SSSR count). The second-order valence-electron chi connectivity index (χ2n) is 4.21. The topological polar surface area (TPSA) is 55.5 Å². The number of para-hydroxylation sites is 1. The average Bonchev–Trinajstić information content (AvgIpc) is 2.22. The van der Waals surface area contributed by atoms with E-state index < -0.39 is 5.60 Å². The number of rotatable bonds is 2. The van der Waals surface area contributed by atoms with E-state index in [-0.39, 0.29) is 0 Å². The van der Waals surface area contributed by atoms with Crippen LogP contribution in [0.15, 0.2) is 24.3 Å². The van der Waals surface area contributed by atoms with Crippen molar-refractivity contribution in [2.75, 3.05) is 18.9 Å².